The van der Waals surface area contributed by atoms with E-state index >= 15 is 0 Å². The highest BCUT2D eigenvalue weighted by Crippen LogP contribution is 2.31. The van der Waals surface area contributed by atoms with Gasteiger partial charge in [0, 0.05) is 14.5 Å². The maximum Gasteiger partial charge on any atom is 0.147 e. The minimum Gasteiger partial charge on any atom is -0.308 e. The van der Waals surface area contributed by atoms with E-state index in [4.69, 9.17) is 0 Å². The van der Waals surface area contributed by atoms with Crippen LogP contribution in [0.3, 0.4) is 0 Å². The Balaban J connectivity index is 2.20. The van der Waals surface area contributed by atoms with Crippen LogP contribution in [0.2, 0.25) is 0 Å². The minimum absolute atomic E-state index is 0.252. The zero-order chi connectivity index (χ0) is 13.8. The standard InChI is InChI=1S/C13H15Br2N3S/c1-3-4-16-8(2)12-17-18-13(19-12)9-5-10(14)7-11(15)6-9/h5-8,16H,3-4H2,1-2H3. The highest BCUT2D eigenvalue weighted by atomic mass is 79.9. The van der Waals surface area contributed by atoms with E-state index in [1.165, 1.54) is 0 Å². The third-order valence-electron chi connectivity index (χ3n) is 2.62. The summed E-state index contributed by atoms with van der Waals surface area (Å²) in [7, 11) is 0. The predicted octanol–water partition coefficient (Wildman–Crippen LogP) is 4.79. The Morgan fingerprint density at radius 1 is 1.21 bits per heavy atom. The summed E-state index contributed by atoms with van der Waals surface area (Å²) in [5.41, 5.74) is 1.08. The molecule has 3 nitrogen and oxygen atoms in total. The third-order valence-corrected chi connectivity index (χ3v) is 4.69. The van der Waals surface area contributed by atoms with Crippen molar-refractivity contribution >= 4 is 43.2 Å². The molecule has 0 fully saturated rings. The average Bonchev–Trinajstić information content (AvgIpc) is 2.84. The first-order chi connectivity index (χ1) is 9.10. The molecular weight excluding hydrogens is 390 g/mol. The highest BCUT2D eigenvalue weighted by Gasteiger charge is 2.13. The van der Waals surface area contributed by atoms with E-state index in [0.29, 0.717) is 0 Å². The van der Waals surface area contributed by atoms with Crippen LogP contribution in [0.15, 0.2) is 27.1 Å². The summed E-state index contributed by atoms with van der Waals surface area (Å²) in [5, 5.41) is 14.0. The second-order valence-electron chi connectivity index (χ2n) is 4.28. The average molecular weight is 405 g/mol. The maximum atomic E-state index is 4.28. The van der Waals surface area contributed by atoms with Crippen molar-refractivity contribution in [3.05, 3.63) is 32.2 Å². The van der Waals surface area contributed by atoms with E-state index in [1.54, 1.807) is 11.3 Å². The van der Waals surface area contributed by atoms with Crippen molar-refractivity contribution in [1.29, 1.82) is 0 Å². The quantitative estimate of drug-likeness (QED) is 0.778. The molecule has 1 aromatic heterocycles. The summed E-state index contributed by atoms with van der Waals surface area (Å²) >= 11 is 8.62. The van der Waals surface area contributed by atoms with Crippen LogP contribution in [0, 0.1) is 0 Å². The lowest BCUT2D eigenvalue weighted by molar-refractivity contribution is 0.564. The lowest BCUT2D eigenvalue weighted by Gasteiger charge is -2.08. The number of hydrogen-bond acceptors (Lipinski definition) is 4. The van der Waals surface area contributed by atoms with Gasteiger partial charge in [0.15, 0.2) is 0 Å². The van der Waals surface area contributed by atoms with Crippen LogP contribution in [0.5, 0.6) is 0 Å². The minimum atomic E-state index is 0.252. The first-order valence-corrected chi connectivity index (χ1v) is 8.53. The van der Waals surface area contributed by atoms with E-state index in [-0.39, 0.29) is 6.04 Å². The van der Waals surface area contributed by atoms with E-state index in [2.05, 4.69) is 73.4 Å². The number of aromatic nitrogens is 2. The second-order valence-corrected chi connectivity index (χ2v) is 7.12. The van der Waals surface area contributed by atoms with Crippen molar-refractivity contribution in [2.45, 2.75) is 26.3 Å². The number of nitrogens with zero attached hydrogens (tertiary/aromatic N) is 2. The van der Waals surface area contributed by atoms with Gasteiger partial charge in [-0.05, 0) is 38.1 Å². The topological polar surface area (TPSA) is 37.8 Å². The summed E-state index contributed by atoms with van der Waals surface area (Å²) < 4.78 is 2.07. The van der Waals surface area contributed by atoms with Gasteiger partial charge in [-0.25, -0.2) is 0 Å². The van der Waals surface area contributed by atoms with E-state index in [1.807, 2.05) is 6.07 Å². The zero-order valence-corrected chi connectivity index (χ0v) is 14.8. The molecule has 1 atom stereocenters. The van der Waals surface area contributed by atoms with Crippen LogP contribution in [0.1, 0.15) is 31.3 Å². The molecule has 1 heterocycles. The van der Waals surface area contributed by atoms with Crippen LogP contribution >= 0.6 is 43.2 Å². The summed E-state index contributed by atoms with van der Waals surface area (Å²) in [6.07, 6.45) is 1.12. The van der Waals surface area contributed by atoms with Gasteiger partial charge >= 0.3 is 0 Å². The molecule has 2 aromatic rings. The van der Waals surface area contributed by atoms with Crippen molar-refractivity contribution in [3.63, 3.8) is 0 Å². The maximum absolute atomic E-state index is 4.28. The summed E-state index contributed by atoms with van der Waals surface area (Å²) in [6.45, 7) is 5.28. The molecule has 102 valence electrons. The monoisotopic (exact) mass is 403 g/mol. The van der Waals surface area contributed by atoms with Gasteiger partial charge in [0.25, 0.3) is 0 Å². The van der Waals surface area contributed by atoms with Gasteiger partial charge in [0.05, 0.1) is 6.04 Å². The zero-order valence-electron chi connectivity index (χ0n) is 10.8. The van der Waals surface area contributed by atoms with Gasteiger partial charge in [-0.3, -0.25) is 0 Å². The highest BCUT2D eigenvalue weighted by molar-refractivity contribution is 9.11. The fraction of sp³-hybridized carbons (Fsp3) is 0.385. The Morgan fingerprint density at radius 3 is 2.53 bits per heavy atom. The van der Waals surface area contributed by atoms with Crippen LogP contribution in [0.25, 0.3) is 10.6 Å². The molecule has 0 amide bonds. The molecule has 1 unspecified atom stereocenters. The van der Waals surface area contributed by atoms with Gasteiger partial charge in [0.2, 0.25) is 0 Å². The molecule has 0 aliphatic heterocycles. The number of benzene rings is 1. The van der Waals surface area contributed by atoms with E-state index in [9.17, 15) is 0 Å². The SMILES string of the molecule is CCCNC(C)c1nnc(-c2cc(Br)cc(Br)c2)s1. The fourth-order valence-electron chi connectivity index (χ4n) is 1.65. The molecule has 6 heteroatoms. The normalized spacial score (nSPS) is 12.6. The van der Waals surface area contributed by atoms with Gasteiger partial charge in [-0.2, -0.15) is 0 Å². The molecule has 2 rings (SSSR count). The smallest absolute Gasteiger partial charge is 0.147 e. The van der Waals surface area contributed by atoms with Crippen molar-refractivity contribution in [3.8, 4) is 10.6 Å². The first kappa shape index (κ1) is 15.1. The number of rotatable bonds is 5. The van der Waals surface area contributed by atoms with Crippen LogP contribution < -0.4 is 5.32 Å². The van der Waals surface area contributed by atoms with E-state index in [0.717, 1.165) is 37.5 Å². The molecule has 0 saturated heterocycles. The molecular formula is C13H15Br2N3S. The van der Waals surface area contributed by atoms with Crippen molar-refractivity contribution < 1.29 is 0 Å². The van der Waals surface area contributed by atoms with Crippen molar-refractivity contribution in [1.82, 2.24) is 15.5 Å². The predicted molar refractivity (Wildman–Crippen MR) is 87.5 cm³/mol. The summed E-state index contributed by atoms with van der Waals surface area (Å²) in [6, 6.07) is 6.37. The number of nitrogens with one attached hydrogen (secondary N) is 1. The Morgan fingerprint density at radius 2 is 1.89 bits per heavy atom. The van der Waals surface area contributed by atoms with Crippen LogP contribution in [-0.4, -0.2) is 16.7 Å². The molecule has 0 radical (unpaired) electrons. The van der Waals surface area contributed by atoms with E-state index < -0.39 is 0 Å². The molecule has 1 aromatic carbocycles. The van der Waals surface area contributed by atoms with Crippen LogP contribution in [0.4, 0.5) is 0 Å². The van der Waals surface area contributed by atoms with Crippen LogP contribution in [-0.2, 0) is 0 Å². The lowest BCUT2D eigenvalue weighted by Crippen LogP contribution is -2.18. The Labute approximate surface area is 134 Å². The molecule has 19 heavy (non-hydrogen) atoms. The Kier molecular flexibility index (Phi) is 5.50. The largest absolute Gasteiger partial charge is 0.308 e. The van der Waals surface area contributed by atoms with Crippen molar-refractivity contribution in [2.75, 3.05) is 6.54 Å². The van der Waals surface area contributed by atoms with Gasteiger partial charge in [-0.1, -0.05) is 50.1 Å². The Bertz CT molecular complexity index is 536. The molecule has 1 N–H and O–H groups in total. The third kappa shape index (κ3) is 4.08. The van der Waals surface area contributed by atoms with Crippen molar-refractivity contribution in [2.24, 2.45) is 0 Å². The second kappa shape index (κ2) is 6.92. The van der Waals surface area contributed by atoms with Gasteiger partial charge < -0.3 is 5.32 Å². The van der Waals surface area contributed by atoms with Gasteiger partial charge in [0.1, 0.15) is 10.0 Å². The molecule has 0 saturated carbocycles. The molecule has 0 aliphatic rings. The molecule has 0 bridgehead atoms. The number of halogens is 2. The summed E-state index contributed by atoms with van der Waals surface area (Å²) in [5.74, 6) is 0. The fourth-order valence-corrected chi connectivity index (χ4v) is 3.80. The molecule has 0 aliphatic carbocycles. The van der Waals surface area contributed by atoms with Gasteiger partial charge in [-0.15, -0.1) is 10.2 Å². The lowest BCUT2D eigenvalue weighted by atomic mass is 10.2. The number of hydrogen-bond donors (Lipinski definition) is 1. The summed E-state index contributed by atoms with van der Waals surface area (Å²) in [4.78, 5) is 0. The Hall–Kier alpha value is -0.300. The first-order valence-electron chi connectivity index (χ1n) is 6.13. The molecule has 0 spiro atoms.